The Balaban J connectivity index is 2.01. The Labute approximate surface area is 169 Å². The van der Waals surface area contributed by atoms with Gasteiger partial charge in [0.25, 0.3) is 11.8 Å². The smallest absolute Gasteiger partial charge is 0.416 e. The van der Waals surface area contributed by atoms with Crippen molar-refractivity contribution in [3.63, 3.8) is 0 Å². The van der Waals surface area contributed by atoms with Crippen LogP contribution in [0, 0.1) is 11.3 Å². The number of hydrogen-bond donors (Lipinski definition) is 1. The molecule has 9 heteroatoms. The molecule has 0 fully saturated rings. The van der Waals surface area contributed by atoms with Crippen molar-refractivity contribution < 1.29 is 32.3 Å². The Morgan fingerprint density at radius 2 is 1.93 bits per heavy atom. The van der Waals surface area contributed by atoms with Gasteiger partial charge in [-0.15, -0.1) is 0 Å². The second kappa shape index (κ2) is 8.00. The first kappa shape index (κ1) is 21.1. The maximum absolute atomic E-state index is 12.9. The van der Waals surface area contributed by atoms with Crippen molar-refractivity contribution >= 4 is 17.9 Å². The molecule has 3 rings (SSSR count). The summed E-state index contributed by atoms with van der Waals surface area (Å²) in [5.74, 6) is -1.19. The molecule has 0 spiro atoms. The van der Waals surface area contributed by atoms with Gasteiger partial charge in [-0.2, -0.15) is 18.4 Å². The molecule has 154 valence electrons. The van der Waals surface area contributed by atoms with E-state index in [1.54, 1.807) is 6.07 Å². The zero-order valence-electron chi connectivity index (χ0n) is 15.7. The van der Waals surface area contributed by atoms with Gasteiger partial charge >= 0.3 is 6.18 Å². The fourth-order valence-electron chi connectivity index (χ4n) is 3.01. The predicted molar refractivity (Wildman–Crippen MR) is 99.2 cm³/mol. The Kier molecular flexibility index (Phi) is 5.62. The molecule has 0 atom stereocenters. The zero-order valence-corrected chi connectivity index (χ0v) is 15.7. The van der Waals surface area contributed by atoms with Crippen LogP contribution < -0.4 is 0 Å². The first-order valence-corrected chi connectivity index (χ1v) is 8.75. The fourth-order valence-corrected chi connectivity index (χ4v) is 3.01. The topological polar surface area (TPSA) is 94.5 Å². The highest BCUT2D eigenvalue weighted by atomic mass is 19.4. The molecule has 1 N–H and O–H groups in total. The van der Waals surface area contributed by atoms with E-state index in [4.69, 9.17) is 9.52 Å². The van der Waals surface area contributed by atoms with E-state index >= 15 is 0 Å². The summed E-state index contributed by atoms with van der Waals surface area (Å²) in [6.07, 6.45) is -3.19. The molecule has 1 aromatic heterocycles. The highest BCUT2D eigenvalue weighted by Crippen LogP contribution is 2.33. The van der Waals surface area contributed by atoms with Gasteiger partial charge in [0, 0.05) is 11.1 Å². The van der Waals surface area contributed by atoms with E-state index in [2.05, 4.69) is 0 Å². The van der Waals surface area contributed by atoms with Gasteiger partial charge < -0.3 is 9.52 Å². The number of carbonyl (C=O) groups excluding carboxylic acids is 2. The molecular formula is C21H15F3N2O4. The summed E-state index contributed by atoms with van der Waals surface area (Å²) < 4.78 is 44.4. The lowest BCUT2D eigenvalue weighted by Gasteiger charge is -2.26. The summed E-state index contributed by atoms with van der Waals surface area (Å²) in [6.45, 7) is 0.692. The molecule has 6 nitrogen and oxygen atoms in total. The van der Waals surface area contributed by atoms with E-state index in [0.717, 1.165) is 17.0 Å². The van der Waals surface area contributed by atoms with Gasteiger partial charge in [0.15, 0.2) is 0 Å². The number of benzene rings is 1. The lowest BCUT2D eigenvalue weighted by atomic mass is 9.95. The number of carbonyl (C=O) groups is 2. The molecule has 0 aliphatic carbocycles. The predicted octanol–water partition coefficient (Wildman–Crippen LogP) is 3.55. The third-order valence-electron chi connectivity index (χ3n) is 4.54. The number of amides is 2. The molecule has 0 radical (unpaired) electrons. The van der Waals surface area contributed by atoms with E-state index in [0.29, 0.717) is 0 Å². The van der Waals surface area contributed by atoms with E-state index in [1.165, 1.54) is 37.3 Å². The van der Waals surface area contributed by atoms with Crippen molar-refractivity contribution in [2.75, 3.05) is 13.2 Å². The van der Waals surface area contributed by atoms with Crippen molar-refractivity contribution in [2.24, 2.45) is 0 Å². The molecule has 0 saturated heterocycles. The van der Waals surface area contributed by atoms with Crippen LogP contribution in [0.25, 0.3) is 17.4 Å². The number of halogens is 3. The van der Waals surface area contributed by atoms with Crippen LogP contribution in [0.3, 0.4) is 0 Å². The minimum Gasteiger partial charge on any atom is -0.457 e. The number of furan rings is 1. The standard InChI is InChI=1S/C21H15F3N2O4/c1-12-16(19(28)26(7-8-27)20(29)17(12)11-25)10-15-5-6-18(30-15)13-3-2-4-14(9-13)21(22,23)24/h2-6,9-10,27H,7-8H2,1H3/b16-10-. The number of imide groups is 1. The normalized spacial score (nSPS) is 16.4. The van der Waals surface area contributed by atoms with Crippen molar-refractivity contribution in [1.82, 2.24) is 4.90 Å². The number of β-amino-alcohol motifs (C(OH)–C–C–N with tert-alkyl or cyclic N) is 1. The van der Waals surface area contributed by atoms with Crippen molar-refractivity contribution in [2.45, 2.75) is 13.1 Å². The Bertz CT molecular complexity index is 1120. The highest BCUT2D eigenvalue weighted by Gasteiger charge is 2.35. The molecule has 0 bridgehead atoms. The van der Waals surface area contributed by atoms with E-state index in [1.807, 2.05) is 0 Å². The monoisotopic (exact) mass is 416 g/mol. The van der Waals surface area contributed by atoms with Crippen molar-refractivity contribution in [3.8, 4) is 17.4 Å². The zero-order chi connectivity index (χ0) is 22.1. The number of aliphatic hydroxyl groups is 1. The number of alkyl halides is 3. The summed E-state index contributed by atoms with van der Waals surface area (Å²) in [4.78, 5) is 25.6. The fraction of sp³-hybridized carbons (Fsp3) is 0.190. The molecule has 1 aromatic carbocycles. The Morgan fingerprint density at radius 3 is 2.57 bits per heavy atom. The third-order valence-corrected chi connectivity index (χ3v) is 4.54. The number of hydrogen-bond acceptors (Lipinski definition) is 5. The molecule has 0 unspecified atom stereocenters. The molecule has 1 aliphatic rings. The molecule has 2 aromatic rings. The van der Waals surface area contributed by atoms with Gasteiger partial charge in [-0.05, 0) is 42.8 Å². The lowest BCUT2D eigenvalue weighted by molar-refractivity contribution is -0.141. The molecule has 30 heavy (non-hydrogen) atoms. The van der Waals surface area contributed by atoms with Crippen LogP contribution in [-0.4, -0.2) is 35.0 Å². The summed E-state index contributed by atoms with van der Waals surface area (Å²) in [5, 5.41) is 18.4. The van der Waals surface area contributed by atoms with E-state index in [-0.39, 0.29) is 40.3 Å². The molecule has 0 saturated carbocycles. The average Bonchev–Trinajstić information content (AvgIpc) is 3.17. The van der Waals surface area contributed by atoms with Gasteiger partial charge in [-0.3, -0.25) is 14.5 Å². The number of rotatable bonds is 4. The maximum atomic E-state index is 12.9. The highest BCUT2D eigenvalue weighted by molar-refractivity contribution is 6.19. The molecule has 2 heterocycles. The third kappa shape index (κ3) is 3.90. The number of nitrogens with zero attached hydrogens (tertiary/aromatic N) is 2. The molecule has 2 amide bonds. The SMILES string of the molecule is CC1=C(C#N)C(=O)N(CCO)C(=O)/C1=C\c1ccc(-c2cccc(C(F)(F)F)c2)o1. The van der Waals surface area contributed by atoms with E-state index < -0.39 is 30.2 Å². The second-order valence-corrected chi connectivity index (χ2v) is 6.44. The van der Waals surface area contributed by atoms with Crippen molar-refractivity contribution in [3.05, 3.63) is 64.4 Å². The average molecular weight is 416 g/mol. The number of aliphatic hydroxyl groups excluding tert-OH is 1. The Morgan fingerprint density at radius 1 is 1.20 bits per heavy atom. The summed E-state index contributed by atoms with van der Waals surface area (Å²) in [7, 11) is 0. The second-order valence-electron chi connectivity index (χ2n) is 6.44. The van der Waals surface area contributed by atoms with E-state index in [9.17, 15) is 28.0 Å². The quantitative estimate of drug-likeness (QED) is 0.608. The molecular weight excluding hydrogens is 401 g/mol. The molecule has 1 aliphatic heterocycles. The van der Waals surface area contributed by atoms with Gasteiger partial charge in [-0.1, -0.05) is 12.1 Å². The van der Waals surface area contributed by atoms with Crippen LogP contribution in [0.1, 0.15) is 18.2 Å². The minimum atomic E-state index is -4.50. The van der Waals surface area contributed by atoms with Crippen molar-refractivity contribution in [1.29, 1.82) is 5.26 Å². The lowest BCUT2D eigenvalue weighted by Crippen LogP contribution is -2.44. The largest absolute Gasteiger partial charge is 0.457 e. The van der Waals surface area contributed by atoms with Crippen LogP contribution in [0.5, 0.6) is 0 Å². The van der Waals surface area contributed by atoms with Crippen LogP contribution in [0.4, 0.5) is 13.2 Å². The first-order valence-electron chi connectivity index (χ1n) is 8.75. The van der Waals surface area contributed by atoms with Gasteiger partial charge in [0.05, 0.1) is 18.7 Å². The Hall–Kier alpha value is -3.64. The van der Waals surface area contributed by atoms with Crippen LogP contribution in [0.15, 0.2) is 57.5 Å². The van der Waals surface area contributed by atoms with Gasteiger partial charge in [-0.25, -0.2) is 0 Å². The number of nitriles is 1. The van der Waals surface area contributed by atoms with Gasteiger partial charge in [0.2, 0.25) is 0 Å². The summed E-state index contributed by atoms with van der Waals surface area (Å²) in [5.41, 5.74) is -0.692. The maximum Gasteiger partial charge on any atom is 0.416 e. The van der Waals surface area contributed by atoms with Gasteiger partial charge in [0.1, 0.15) is 23.2 Å². The van der Waals surface area contributed by atoms with Crippen LogP contribution in [-0.2, 0) is 15.8 Å². The minimum absolute atomic E-state index is 0.0181. The summed E-state index contributed by atoms with van der Waals surface area (Å²) >= 11 is 0. The summed E-state index contributed by atoms with van der Waals surface area (Å²) in [6, 6.07) is 9.28. The van der Waals surface area contributed by atoms with Crippen LogP contribution >= 0.6 is 0 Å². The first-order chi connectivity index (χ1) is 14.2. The van der Waals surface area contributed by atoms with Crippen LogP contribution in [0.2, 0.25) is 0 Å².